The van der Waals surface area contributed by atoms with E-state index in [1.54, 1.807) is 0 Å². The molecule has 2 aliphatic rings. The van der Waals surface area contributed by atoms with Gasteiger partial charge in [-0.15, -0.1) is 0 Å². The lowest BCUT2D eigenvalue weighted by molar-refractivity contribution is 0.322. The molecule has 0 saturated heterocycles. The molecule has 2 heterocycles. The molecule has 0 bridgehead atoms. The van der Waals surface area contributed by atoms with Gasteiger partial charge in [0.1, 0.15) is 6.17 Å². The molecule has 2 aliphatic heterocycles. The Kier molecular flexibility index (Phi) is 4.99. The summed E-state index contributed by atoms with van der Waals surface area (Å²) in [5.41, 5.74) is 10.8. The maximum Gasteiger partial charge on any atom is 0.112 e. The maximum absolute atomic E-state index is 2.61. The molecule has 0 fully saturated rings. The summed E-state index contributed by atoms with van der Waals surface area (Å²) >= 11 is 0. The summed E-state index contributed by atoms with van der Waals surface area (Å²) in [7, 11) is 0. The Bertz CT molecular complexity index is 1340. The third kappa shape index (κ3) is 3.01. The molecule has 0 spiro atoms. The summed E-state index contributed by atoms with van der Waals surface area (Å²) in [6.45, 7) is 6.99. The van der Waals surface area contributed by atoms with E-state index in [1.807, 2.05) is 0 Å². The Morgan fingerprint density at radius 2 is 1.24 bits per heavy atom. The number of hydrogen-bond acceptors (Lipinski definition) is 2. The van der Waals surface area contributed by atoms with E-state index in [-0.39, 0.29) is 11.6 Å². The van der Waals surface area contributed by atoms with E-state index in [0.29, 0.717) is 0 Å². The molecular formula is C32H32N2. The van der Waals surface area contributed by atoms with Gasteiger partial charge in [-0.05, 0) is 78.8 Å². The number of nitrogens with zero attached hydrogens (tertiary/aromatic N) is 2. The van der Waals surface area contributed by atoms with Crippen LogP contribution in [0.1, 0.15) is 44.2 Å². The highest BCUT2D eigenvalue weighted by molar-refractivity contribution is 5.91. The lowest BCUT2D eigenvalue weighted by atomic mass is 9.69. The van der Waals surface area contributed by atoms with Crippen LogP contribution < -0.4 is 9.80 Å². The molecule has 2 nitrogen and oxygen atoms in total. The maximum atomic E-state index is 2.61. The number of aryl methyl sites for hydroxylation is 1. The van der Waals surface area contributed by atoms with Gasteiger partial charge < -0.3 is 9.80 Å². The smallest absolute Gasteiger partial charge is 0.112 e. The van der Waals surface area contributed by atoms with Gasteiger partial charge in [0.05, 0.1) is 11.4 Å². The van der Waals surface area contributed by atoms with Gasteiger partial charge in [0.15, 0.2) is 0 Å². The molecule has 0 saturated carbocycles. The topological polar surface area (TPSA) is 6.48 Å². The van der Waals surface area contributed by atoms with Crippen LogP contribution in [0.4, 0.5) is 22.7 Å². The van der Waals surface area contributed by atoms with Crippen LogP contribution in [0.3, 0.4) is 0 Å². The minimum atomic E-state index is 0.190. The van der Waals surface area contributed by atoms with Crippen molar-refractivity contribution in [2.45, 2.75) is 51.6 Å². The van der Waals surface area contributed by atoms with Gasteiger partial charge in [-0.2, -0.15) is 0 Å². The van der Waals surface area contributed by atoms with Crippen LogP contribution >= 0.6 is 0 Å². The third-order valence-corrected chi connectivity index (χ3v) is 8.22. The van der Waals surface area contributed by atoms with Crippen molar-refractivity contribution in [3.05, 3.63) is 108 Å². The van der Waals surface area contributed by atoms with Crippen LogP contribution in [-0.2, 0) is 5.41 Å². The number of hydrogen-bond donors (Lipinski definition) is 0. The van der Waals surface area contributed by atoms with E-state index >= 15 is 0 Å². The Labute approximate surface area is 203 Å². The average Bonchev–Trinajstić information content (AvgIpc) is 3.22. The molecule has 1 atom stereocenters. The first kappa shape index (κ1) is 21.0. The zero-order chi connectivity index (χ0) is 23.3. The van der Waals surface area contributed by atoms with Crippen molar-refractivity contribution in [3.63, 3.8) is 0 Å². The van der Waals surface area contributed by atoms with E-state index in [2.05, 4.69) is 128 Å². The van der Waals surface area contributed by atoms with Crippen LogP contribution in [0.5, 0.6) is 0 Å². The molecule has 4 aromatic carbocycles. The van der Waals surface area contributed by atoms with Gasteiger partial charge in [0, 0.05) is 16.8 Å². The largest absolute Gasteiger partial charge is 0.318 e. The number of anilines is 4. The summed E-state index contributed by atoms with van der Waals surface area (Å²) < 4.78 is 0. The average molecular weight is 445 g/mol. The van der Waals surface area contributed by atoms with Crippen molar-refractivity contribution < 1.29 is 0 Å². The van der Waals surface area contributed by atoms with Crippen molar-refractivity contribution in [3.8, 4) is 11.1 Å². The van der Waals surface area contributed by atoms with Gasteiger partial charge in [-0.3, -0.25) is 0 Å². The minimum absolute atomic E-state index is 0.190. The molecule has 0 aromatic heterocycles. The summed E-state index contributed by atoms with van der Waals surface area (Å²) in [6, 6.07) is 35.7. The lowest BCUT2D eigenvalue weighted by Gasteiger charge is -2.48. The van der Waals surface area contributed by atoms with E-state index in [1.165, 1.54) is 45.0 Å². The number of fused-ring (bicyclic) bond motifs is 5. The van der Waals surface area contributed by atoms with Crippen LogP contribution in [-0.4, -0.2) is 6.17 Å². The predicted octanol–water partition coefficient (Wildman–Crippen LogP) is 8.74. The normalized spacial score (nSPS) is 17.8. The third-order valence-electron chi connectivity index (χ3n) is 8.22. The summed E-state index contributed by atoms with van der Waals surface area (Å²) in [4.78, 5) is 5.20. The SMILES string of the molecule is CCC1(CC)CC2N(c3ccc(-c4ccccc4)cc3C)c3ccccc3N2c2ccccc21. The zero-order valence-corrected chi connectivity index (χ0v) is 20.3. The highest BCUT2D eigenvalue weighted by Gasteiger charge is 2.48. The molecule has 1 unspecified atom stereocenters. The standard InChI is InChI=1S/C32H32N2/c1-4-32(5-2)22-31-33(27-20-19-25(21-23(27)3)24-13-7-6-8-14-24)29-17-11-12-18-30(29)34(31)28-16-10-9-15-26(28)32/h6-21,31H,4-5,22H2,1-3H3. The first-order valence-electron chi connectivity index (χ1n) is 12.6. The fourth-order valence-corrected chi connectivity index (χ4v) is 6.32. The Balaban J connectivity index is 1.52. The fourth-order valence-electron chi connectivity index (χ4n) is 6.32. The summed E-state index contributed by atoms with van der Waals surface area (Å²) in [6.07, 6.45) is 3.70. The second-order valence-corrected chi connectivity index (χ2v) is 9.79. The highest BCUT2D eigenvalue weighted by Crippen LogP contribution is 2.57. The van der Waals surface area contributed by atoms with Crippen molar-refractivity contribution in [1.29, 1.82) is 0 Å². The molecule has 0 N–H and O–H groups in total. The predicted molar refractivity (Wildman–Crippen MR) is 144 cm³/mol. The van der Waals surface area contributed by atoms with E-state index in [4.69, 9.17) is 0 Å². The summed E-state index contributed by atoms with van der Waals surface area (Å²) in [5.74, 6) is 0. The quantitative estimate of drug-likeness (QED) is 0.310. The van der Waals surface area contributed by atoms with E-state index in [9.17, 15) is 0 Å². The summed E-state index contributed by atoms with van der Waals surface area (Å²) in [5, 5.41) is 0. The lowest BCUT2D eigenvalue weighted by Crippen LogP contribution is -2.48. The monoisotopic (exact) mass is 444 g/mol. The molecule has 0 amide bonds. The van der Waals surface area contributed by atoms with Crippen molar-refractivity contribution in [1.82, 2.24) is 0 Å². The zero-order valence-electron chi connectivity index (χ0n) is 20.3. The van der Waals surface area contributed by atoms with Crippen LogP contribution in [0, 0.1) is 6.92 Å². The Morgan fingerprint density at radius 3 is 1.88 bits per heavy atom. The van der Waals surface area contributed by atoms with Crippen LogP contribution in [0.15, 0.2) is 97.1 Å². The molecule has 6 rings (SSSR count). The minimum Gasteiger partial charge on any atom is -0.318 e. The molecule has 170 valence electrons. The van der Waals surface area contributed by atoms with Crippen molar-refractivity contribution in [2.75, 3.05) is 9.80 Å². The van der Waals surface area contributed by atoms with Gasteiger partial charge in [-0.25, -0.2) is 0 Å². The second kappa shape index (κ2) is 8.06. The van der Waals surface area contributed by atoms with Crippen LogP contribution in [0.25, 0.3) is 11.1 Å². The molecule has 34 heavy (non-hydrogen) atoms. The van der Waals surface area contributed by atoms with Crippen molar-refractivity contribution >= 4 is 22.7 Å². The highest BCUT2D eigenvalue weighted by atomic mass is 15.4. The number of rotatable bonds is 4. The number of benzene rings is 4. The second-order valence-electron chi connectivity index (χ2n) is 9.79. The fraction of sp³-hybridized carbons (Fsp3) is 0.250. The van der Waals surface area contributed by atoms with Crippen LogP contribution in [0.2, 0.25) is 0 Å². The Morgan fingerprint density at radius 1 is 0.647 bits per heavy atom. The first-order valence-corrected chi connectivity index (χ1v) is 12.6. The van der Waals surface area contributed by atoms with Gasteiger partial charge >= 0.3 is 0 Å². The van der Waals surface area contributed by atoms with Crippen molar-refractivity contribution in [2.24, 2.45) is 0 Å². The molecule has 0 radical (unpaired) electrons. The molecule has 0 aliphatic carbocycles. The number of para-hydroxylation sites is 3. The molecular weight excluding hydrogens is 412 g/mol. The van der Waals surface area contributed by atoms with E-state index < -0.39 is 0 Å². The van der Waals surface area contributed by atoms with E-state index in [0.717, 1.165) is 19.3 Å². The van der Waals surface area contributed by atoms with Gasteiger partial charge in [0.25, 0.3) is 0 Å². The van der Waals surface area contributed by atoms with Gasteiger partial charge in [0.2, 0.25) is 0 Å². The Hall–Kier alpha value is -3.52. The molecule has 2 heteroatoms. The first-order chi connectivity index (χ1) is 16.7. The molecule has 4 aromatic rings. The van der Waals surface area contributed by atoms with Gasteiger partial charge in [-0.1, -0.05) is 80.6 Å².